The maximum Gasteiger partial charge on any atom is 0.126 e. The number of imidazole rings is 1. The van der Waals surface area contributed by atoms with Crippen molar-refractivity contribution in [3.05, 3.63) is 29.6 Å². The Hall–Kier alpha value is -1.55. The van der Waals surface area contributed by atoms with Crippen molar-refractivity contribution in [3.8, 4) is 11.3 Å². The van der Waals surface area contributed by atoms with Crippen molar-refractivity contribution in [3.63, 3.8) is 0 Å². The number of hydrogen-bond acceptors (Lipinski definition) is 3. The molecule has 1 unspecified atom stereocenters. The lowest BCUT2D eigenvalue weighted by molar-refractivity contribution is 0.423. The van der Waals surface area contributed by atoms with E-state index in [4.69, 9.17) is 15.1 Å². The van der Waals surface area contributed by atoms with E-state index < -0.39 is 0 Å². The van der Waals surface area contributed by atoms with Gasteiger partial charge in [-0.1, -0.05) is 13.3 Å². The van der Waals surface area contributed by atoms with Crippen molar-refractivity contribution in [1.82, 2.24) is 9.97 Å². The van der Waals surface area contributed by atoms with Gasteiger partial charge in [-0.05, 0) is 25.8 Å². The first-order chi connectivity index (χ1) is 8.62. The van der Waals surface area contributed by atoms with Gasteiger partial charge in [0.1, 0.15) is 11.6 Å². The van der Waals surface area contributed by atoms with Crippen molar-refractivity contribution in [1.29, 1.82) is 0 Å². The van der Waals surface area contributed by atoms with Crippen LogP contribution < -0.4 is 5.73 Å². The molecule has 3 rings (SSSR count). The second-order valence-electron chi connectivity index (χ2n) is 5.34. The Balaban J connectivity index is 2.04. The fraction of sp³-hybridized carbons (Fsp3) is 0.500. The van der Waals surface area contributed by atoms with Gasteiger partial charge < -0.3 is 15.1 Å². The van der Waals surface area contributed by atoms with Crippen LogP contribution in [0.3, 0.4) is 0 Å². The van der Waals surface area contributed by atoms with Crippen LogP contribution in [0.25, 0.3) is 11.3 Å². The highest BCUT2D eigenvalue weighted by atomic mass is 16.3. The highest BCUT2D eigenvalue weighted by Crippen LogP contribution is 2.34. The van der Waals surface area contributed by atoms with E-state index in [1.807, 2.05) is 13.0 Å². The minimum atomic E-state index is -0.379. The Morgan fingerprint density at radius 3 is 3.11 bits per heavy atom. The molecule has 2 aromatic heterocycles. The minimum absolute atomic E-state index is 0.379. The van der Waals surface area contributed by atoms with Gasteiger partial charge in [-0.15, -0.1) is 0 Å². The Labute approximate surface area is 107 Å². The number of hydrogen-bond donors (Lipinski definition) is 2. The van der Waals surface area contributed by atoms with E-state index in [0.29, 0.717) is 0 Å². The molecule has 0 aromatic carbocycles. The van der Waals surface area contributed by atoms with E-state index >= 15 is 0 Å². The van der Waals surface area contributed by atoms with E-state index in [2.05, 4.69) is 11.9 Å². The first kappa shape index (κ1) is 11.5. The van der Waals surface area contributed by atoms with Gasteiger partial charge in [0, 0.05) is 17.7 Å². The fourth-order valence-electron chi connectivity index (χ4n) is 2.71. The molecule has 0 saturated heterocycles. The molecule has 0 spiro atoms. The van der Waals surface area contributed by atoms with Gasteiger partial charge in [0.2, 0.25) is 0 Å². The summed E-state index contributed by atoms with van der Waals surface area (Å²) >= 11 is 0. The number of H-pyrrole nitrogens is 1. The normalized spacial score (nSPS) is 17.1. The summed E-state index contributed by atoms with van der Waals surface area (Å²) in [4.78, 5) is 8.13. The van der Waals surface area contributed by atoms with E-state index in [1.54, 1.807) is 6.26 Å². The topological polar surface area (TPSA) is 67.8 Å². The van der Waals surface area contributed by atoms with Crippen molar-refractivity contribution < 1.29 is 4.42 Å². The molecule has 4 heteroatoms. The first-order valence-corrected chi connectivity index (χ1v) is 6.57. The van der Waals surface area contributed by atoms with Crippen LogP contribution in [0, 0.1) is 0 Å². The lowest BCUT2D eigenvalue weighted by Crippen LogP contribution is -2.34. The Kier molecular flexibility index (Phi) is 2.55. The average molecular weight is 245 g/mol. The maximum absolute atomic E-state index is 6.34. The maximum atomic E-state index is 6.34. The quantitative estimate of drug-likeness (QED) is 0.873. The summed E-state index contributed by atoms with van der Waals surface area (Å²) in [5.74, 6) is 1.93. The predicted molar refractivity (Wildman–Crippen MR) is 70.1 cm³/mol. The third kappa shape index (κ3) is 1.68. The molecule has 0 bridgehead atoms. The molecular weight excluding hydrogens is 226 g/mol. The van der Waals surface area contributed by atoms with Crippen LogP contribution in [-0.2, 0) is 18.4 Å². The van der Waals surface area contributed by atoms with E-state index in [1.165, 1.54) is 5.69 Å². The Morgan fingerprint density at radius 2 is 2.33 bits per heavy atom. The first-order valence-electron chi connectivity index (χ1n) is 6.57. The number of aromatic amines is 1. The van der Waals surface area contributed by atoms with Crippen LogP contribution in [0.1, 0.15) is 44.0 Å². The number of nitrogens with one attached hydrogen (secondary N) is 1. The summed E-state index contributed by atoms with van der Waals surface area (Å²) in [5, 5.41) is 0. The van der Waals surface area contributed by atoms with Crippen LogP contribution in [0.5, 0.6) is 0 Å². The van der Waals surface area contributed by atoms with Gasteiger partial charge in [-0.25, -0.2) is 4.98 Å². The number of fused-ring (bicyclic) bond motifs is 3. The number of aromatic nitrogens is 2. The molecule has 0 radical (unpaired) electrons. The third-order valence-electron chi connectivity index (χ3n) is 3.69. The van der Waals surface area contributed by atoms with Crippen molar-refractivity contribution in [2.45, 2.75) is 45.1 Å². The molecule has 0 aliphatic heterocycles. The van der Waals surface area contributed by atoms with Crippen LogP contribution >= 0.6 is 0 Å². The molecule has 0 saturated carbocycles. The lowest BCUT2D eigenvalue weighted by atomic mass is 9.97. The van der Waals surface area contributed by atoms with Crippen molar-refractivity contribution in [2.75, 3.05) is 0 Å². The zero-order valence-electron chi connectivity index (χ0n) is 10.9. The monoisotopic (exact) mass is 245 g/mol. The highest BCUT2D eigenvalue weighted by Gasteiger charge is 2.29. The number of aryl methyl sites for hydroxylation is 2. The zero-order valence-corrected chi connectivity index (χ0v) is 10.9. The molecule has 18 heavy (non-hydrogen) atoms. The summed E-state index contributed by atoms with van der Waals surface area (Å²) in [6, 6.07) is 1.99. The molecule has 0 amide bonds. The van der Waals surface area contributed by atoms with Crippen LogP contribution in [-0.4, -0.2) is 9.97 Å². The second-order valence-corrected chi connectivity index (χ2v) is 5.34. The summed E-state index contributed by atoms with van der Waals surface area (Å²) in [7, 11) is 0. The standard InChI is InChI=1S/C14H19N3O/c1-3-7-14(2,15)13-16-10-4-5-11-9(6-8-18-11)12(10)17-13/h6,8H,3-5,7,15H2,1-2H3,(H,16,17). The zero-order chi connectivity index (χ0) is 12.8. The van der Waals surface area contributed by atoms with E-state index in [9.17, 15) is 0 Å². The molecule has 1 aliphatic rings. The second kappa shape index (κ2) is 3.99. The number of furan rings is 1. The van der Waals surface area contributed by atoms with Crippen LogP contribution in [0.2, 0.25) is 0 Å². The Morgan fingerprint density at radius 1 is 1.50 bits per heavy atom. The largest absolute Gasteiger partial charge is 0.469 e. The van der Waals surface area contributed by atoms with Crippen molar-refractivity contribution in [2.24, 2.45) is 5.73 Å². The number of nitrogens with two attached hydrogens (primary N) is 1. The van der Waals surface area contributed by atoms with Gasteiger partial charge in [-0.2, -0.15) is 0 Å². The van der Waals surface area contributed by atoms with Gasteiger partial charge in [-0.3, -0.25) is 0 Å². The predicted octanol–water partition coefficient (Wildman–Crippen LogP) is 2.74. The average Bonchev–Trinajstić information content (AvgIpc) is 2.94. The molecule has 2 heterocycles. The molecule has 2 aromatic rings. The SMILES string of the molecule is CCCC(C)(N)c1nc2c([nH]1)CCc1occc1-2. The summed E-state index contributed by atoms with van der Waals surface area (Å²) in [6.45, 7) is 4.18. The minimum Gasteiger partial charge on any atom is -0.469 e. The highest BCUT2D eigenvalue weighted by molar-refractivity contribution is 5.66. The third-order valence-corrected chi connectivity index (χ3v) is 3.69. The Bertz CT molecular complexity index is 565. The van der Waals surface area contributed by atoms with Gasteiger partial charge >= 0.3 is 0 Å². The van der Waals surface area contributed by atoms with Crippen LogP contribution in [0.4, 0.5) is 0 Å². The molecule has 3 N–H and O–H groups in total. The van der Waals surface area contributed by atoms with Gasteiger partial charge in [0.25, 0.3) is 0 Å². The van der Waals surface area contributed by atoms with Gasteiger partial charge in [0.15, 0.2) is 0 Å². The molecule has 4 nitrogen and oxygen atoms in total. The fourth-order valence-corrected chi connectivity index (χ4v) is 2.71. The number of rotatable bonds is 3. The molecule has 0 fully saturated rings. The molecule has 1 atom stereocenters. The molecular formula is C14H19N3O. The van der Waals surface area contributed by atoms with Gasteiger partial charge in [0.05, 0.1) is 17.5 Å². The summed E-state index contributed by atoms with van der Waals surface area (Å²) in [5.41, 5.74) is 9.28. The summed E-state index contributed by atoms with van der Waals surface area (Å²) < 4.78 is 5.47. The lowest BCUT2D eigenvalue weighted by Gasteiger charge is -2.21. The van der Waals surface area contributed by atoms with Crippen LogP contribution in [0.15, 0.2) is 16.7 Å². The number of nitrogens with zero attached hydrogens (tertiary/aromatic N) is 1. The van der Waals surface area contributed by atoms with E-state index in [0.717, 1.165) is 48.5 Å². The molecule has 1 aliphatic carbocycles. The molecule has 96 valence electrons. The van der Waals surface area contributed by atoms with E-state index in [-0.39, 0.29) is 5.54 Å². The smallest absolute Gasteiger partial charge is 0.126 e. The summed E-state index contributed by atoms with van der Waals surface area (Å²) in [6.07, 6.45) is 5.60. The van der Waals surface area contributed by atoms with Crippen molar-refractivity contribution >= 4 is 0 Å².